The molecule has 0 amide bonds. The summed E-state index contributed by atoms with van der Waals surface area (Å²) in [4.78, 5) is -0.266. The summed E-state index contributed by atoms with van der Waals surface area (Å²) in [6.45, 7) is -0.198. The predicted molar refractivity (Wildman–Crippen MR) is 78.6 cm³/mol. The number of halogens is 3. The van der Waals surface area contributed by atoms with E-state index in [9.17, 15) is 12.8 Å². The molecule has 0 bridgehead atoms. The van der Waals surface area contributed by atoms with Crippen LogP contribution in [0.1, 0.15) is 5.56 Å². The normalized spacial score (nSPS) is 11.4. The molecule has 0 aliphatic heterocycles. The highest BCUT2D eigenvalue weighted by atomic mass is 35.5. The van der Waals surface area contributed by atoms with Crippen molar-refractivity contribution in [2.24, 2.45) is 5.14 Å². The molecule has 0 atom stereocenters. The highest BCUT2D eigenvalue weighted by Crippen LogP contribution is 2.28. The number of sulfonamides is 1. The fourth-order valence-corrected chi connectivity index (χ4v) is 2.77. The van der Waals surface area contributed by atoms with E-state index >= 15 is 0 Å². The molecule has 0 unspecified atom stereocenters. The Kier molecular flexibility index (Phi) is 4.73. The van der Waals surface area contributed by atoms with Gasteiger partial charge in [0.15, 0.2) is 0 Å². The van der Waals surface area contributed by atoms with Crippen LogP contribution >= 0.6 is 23.2 Å². The Labute approximate surface area is 131 Å². The molecule has 21 heavy (non-hydrogen) atoms. The van der Waals surface area contributed by atoms with E-state index < -0.39 is 15.8 Å². The summed E-state index contributed by atoms with van der Waals surface area (Å²) in [5, 5.41) is 5.24. The second-order valence-corrected chi connectivity index (χ2v) is 6.51. The summed E-state index contributed by atoms with van der Waals surface area (Å²) in [6, 6.07) is 8.41. The third kappa shape index (κ3) is 3.85. The summed E-state index contributed by atoms with van der Waals surface area (Å²) in [6.07, 6.45) is 0. The molecule has 2 aromatic rings. The summed E-state index contributed by atoms with van der Waals surface area (Å²) in [7, 11) is -4.01. The number of rotatable bonds is 4. The molecule has 0 fully saturated rings. The van der Waals surface area contributed by atoms with Crippen molar-refractivity contribution in [3.8, 4) is 5.75 Å². The first-order valence-corrected chi connectivity index (χ1v) is 7.97. The van der Waals surface area contributed by atoms with Gasteiger partial charge in [0.05, 0.1) is 5.02 Å². The Bertz CT molecular complexity index is 781. The molecule has 0 aromatic heterocycles. The zero-order valence-corrected chi connectivity index (χ0v) is 12.8. The van der Waals surface area contributed by atoms with Crippen LogP contribution in [0.25, 0.3) is 0 Å². The van der Waals surface area contributed by atoms with E-state index in [1.54, 1.807) is 6.07 Å². The Morgan fingerprint density at radius 1 is 1.19 bits per heavy atom. The average molecular weight is 350 g/mol. The summed E-state index contributed by atoms with van der Waals surface area (Å²) in [5.41, 5.74) is 0.192. The first-order valence-electron chi connectivity index (χ1n) is 5.67. The number of ether oxygens (including phenoxy) is 1. The van der Waals surface area contributed by atoms with E-state index in [-0.39, 0.29) is 32.9 Å². The van der Waals surface area contributed by atoms with Gasteiger partial charge in [0.2, 0.25) is 10.0 Å². The van der Waals surface area contributed by atoms with Crippen LogP contribution in [0.3, 0.4) is 0 Å². The van der Waals surface area contributed by atoms with E-state index in [1.807, 2.05) is 0 Å². The third-order valence-electron chi connectivity index (χ3n) is 2.63. The Morgan fingerprint density at radius 2 is 1.90 bits per heavy atom. The molecule has 0 saturated carbocycles. The molecule has 0 radical (unpaired) electrons. The lowest BCUT2D eigenvalue weighted by molar-refractivity contribution is 0.292. The molecule has 4 nitrogen and oxygen atoms in total. The van der Waals surface area contributed by atoms with Crippen molar-refractivity contribution in [1.29, 1.82) is 0 Å². The Hall–Kier alpha value is -1.34. The molecule has 2 aromatic carbocycles. The summed E-state index contributed by atoms with van der Waals surface area (Å²) >= 11 is 11.4. The van der Waals surface area contributed by atoms with Crippen LogP contribution in [0.4, 0.5) is 4.39 Å². The fraction of sp³-hybridized carbons (Fsp3) is 0.0769. The molecule has 112 valence electrons. The maximum Gasteiger partial charge on any atom is 0.241 e. The van der Waals surface area contributed by atoms with Gasteiger partial charge in [-0.05, 0) is 24.3 Å². The smallest absolute Gasteiger partial charge is 0.241 e. The number of benzene rings is 2. The van der Waals surface area contributed by atoms with Gasteiger partial charge in [-0.2, -0.15) is 0 Å². The summed E-state index contributed by atoms with van der Waals surface area (Å²) < 4.78 is 42.0. The van der Waals surface area contributed by atoms with Gasteiger partial charge >= 0.3 is 0 Å². The summed E-state index contributed by atoms with van der Waals surface area (Å²) in [5.74, 6) is -0.633. The van der Waals surface area contributed by atoms with E-state index in [4.69, 9.17) is 33.1 Å². The maximum absolute atomic E-state index is 13.7. The van der Waals surface area contributed by atoms with Gasteiger partial charge < -0.3 is 4.74 Å². The number of hydrogen-bond donors (Lipinski definition) is 1. The Morgan fingerprint density at radius 3 is 2.57 bits per heavy atom. The standard InChI is InChI=1S/C13H10Cl2FNO3S/c14-9-4-5-11(12(6-9)21(17,18)19)20-7-8-2-1-3-10(15)13(8)16/h1-6H,7H2,(H2,17,18,19). The molecule has 0 heterocycles. The second kappa shape index (κ2) is 6.19. The van der Waals surface area contributed by atoms with Crippen LogP contribution in [0, 0.1) is 5.82 Å². The van der Waals surface area contributed by atoms with Gasteiger partial charge in [0.1, 0.15) is 23.1 Å². The molecular weight excluding hydrogens is 340 g/mol. The second-order valence-electron chi connectivity index (χ2n) is 4.14. The highest BCUT2D eigenvalue weighted by Gasteiger charge is 2.16. The molecule has 2 N–H and O–H groups in total. The Balaban J connectivity index is 2.31. The lowest BCUT2D eigenvalue weighted by Gasteiger charge is -2.11. The van der Waals surface area contributed by atoms with E-state index in [1.165, 1.54) is 30.3 Å². The molecule has 0 aliphatic carbocycles. The number of nitrogens with two attached hydrogens (primary N) is 1. The van der Waals surface area contributed by atoms with Gasteiger partial charge in [-0.3, -0.25) is 0 Å². The topological polar surface area (TPSA) is 69.4 Å². The fourth-order valence-electron chi connectivity index (χ4n) is 1.64. The van der Waals surface area contributed by atoms with Gasteiger partial charge in [-0.15, -0.1) is 0 Å². The largest absolute Gasteiger partial charge is 0.487 e. The predicted octanol–water partition coefficient (Wildman–Crippen LogP) is 3.36. The first kappa shape index (κ1) is 16.0. The maximum atomic E-state index is 13.7. The minimum absolute atomic E-state index is 0.0127. The van der Waals surface area contributed by atoms with Crippen molar-refractivity contribution in [1.82, 2.24) is 0 Å². The van der Waals surface area contributed by atoms with Crippen LogP contribution in [0.2, 0.25) is 10.0 Å². The van der Waals surface area contributed by atoms with Crippen molar-refractivity contribution < 1.29 is 17.5 Å². The molecule has 0 saturated heterocycles. The zero-order chi connectivity index (χ0) is 15.6. The van der Waals surface area contributed by atoms with E-state index in [0.717, 1.165) is 0 Å². The number of primary sulfonamides is 1. The molecular formula is C13H10Cl2FNO3S. The van der Waals surface area contributed by atoms with Crippen molar-refractivity contribution in [2.75, 3.05) is 0 Å². The van der Waals surface area contributed by atoms with Gasteiger partial charge in [0.25, 0.3) is 0 Å². The van der Waals surface area contributed by atoms with Crippen molar-refractivity contribution in [2.45, 2.75) is 11.5 Å². The zero-order valence-electron chi connectivity index (χ0n) is 10.5. The molecule has 0 aliphatic rings. The lowest BCUT2D eigenvalue weighted by atomic mass is 10.2. The van der Waals surface area contributed by atoms with Crippen LogP contribution in [0.5, 0.6) is 5.75 Å². The van der Waals surface area contributed by atoms with Crippen LogP contribution in [-0.2, 0) is 16.6 Å². The molecule has 0 spiro atoms. The van der Waals surface area contributed by atoms with Crippen molar-refractivity contribution in [3.63, 3.8) is 0 Å². The van der Waals surface area contributed by atoms with Crippen LogP contribution in [0.15, 0.2) is 41.3 Å². The first-order chi connectivity index (χ1) is 9.79. The molecule has 2 rings (SSSR count). The lowest BCUT2D eigenvalue weighted by Crippen LogP contribution is -2.14. The third-order valence-corrected chi connectivity index (χ3v) is 4.09. The van der Waals surface area contributed by atoms with Crippen LogP contribution < -0.4 is 9.88 Å². The molecule has 8 heteroatoms. The van der Waals surface area contributed by atoms with Crippen molar-refractivity contribution in [3.05, 3.63) is 57.8 Å². The minimum atomic E-state index is -4.01. The monoisotopic (exact) mass is 349 g/mol. The van der Waals surface area contributed by atoms with E-state index in [2.05, 4.69) is 0 Å². The quantitative estimate of drug-likeness (QED) is 0.919. The van der Waals surface area contributed by atoms with Gasteiger partial charge in [0, 0.05) is 10.6 Å². The average Bonchev–Trinajstić information content (AvgIpc) is 2.40. The van der Waals surface area contributed by atoms with Gasteiger partial charge in [-0.25, -0.2) is 17.9 Å². The van der Waals surface area contributed by atoms with E-state index in [0.29, 0.717) is 0 Å². The highest BCUT2D eigenvalue weighted by molar-refractivity contribution is 7.89. The van der Waals surface area contributed by atoms with Crippen molar-refractivity contribution >= 4 is 33.2 Å². The number of hydrogen-bond acceptors (Lipinski definition) is 3. The SMILES string of the molecule is NS(=O)(=O)c1cc(Cl)ccc1OCc1cccc(Cl)c1F. The minimum Gasteiger partial charge on any atom is -0.487 e. The van der Waals surface area contributed by atoms with Gasteiger partial charge in [-0.1, -0.05) is 35.3 Å². The van der Waals surface area contributed by atoms with Crippen LogP contribution in [-0.4, -0.2) is 8.42 Å².